The van der Waals surface area contributed by atoms with Gasteiger partial charge in [-0.2, -0.15) is 0 Å². The highest BCUT2D eigenvalue weighted by Gasteiger charge is 2.40. The molecule has 3 atom stereocenters. The lowest BCUT2D eigenvalue weighted by molar-refractivity contribution is -0.141. The van der Waals surface area contributed by atoms with Gasteiger partial charge in [0.15, 0.2) is 0 Å². The first kappa shape index (κ1) is 15.6. The zero-order valence-electron chi connectivity index (χ0n) is 11.2. The van der Waals surface area contributed by atoms with Crippen LogP contribution in [0.25, 0.3) is 0 Å². The Morgan fingerprint density at radius 2 is 2.11 bits per heavy atom. The van der Waals surface area contributed by atoms with Crippen molar-refractivity contribution in [3.05, 3.63) is 0 Å². The minimum absolute atomic E-state index is 0.220. The molecule has 1 heterocycles. The van der Waals surface area contributed by atoms with Crippen molar-refractivity contribution in [1.29, 1.82) is 0 Å². The number of likely N-dealkylation sites (N-methyl/N-ethyl adjacent to an activating group) is 1. The van der Waals surface area contributed by atoms with Crippen LogP contribution in [-0.2, 0) is 9.59 Å². The van der Waals surface area contributed by atoms with E-state index in [0.29, 0.717) is 12.3 Å². The normalized spacial score (nSPS) is 23.8. The van der Waals surface area contributed by atoms with E-state index < -0.39 is 24.1 Å². The summed E-state index contributed by atoms with van der Waals surface area (Å²) in [7, 11) is 0. The van der Waals surface area contributed by atoms with Gasteiger partial charge in [0.2, 0.25) is 5.91 Å². The molecule has 1 aliphatic heterocycles. The van der Waals surface area contributed by atoms with Crippen molar-refractivity contribution in [2.45, 2.75) is 38.2 Å². The molecule has 0 saturated carbocycles. The molecule has 0 aromatic heterocycles. The maximum atomic E-state index is 12.0. The van der Waals surface area contributed by atoms with Crippen LogP contribution in [0.15, 0.2) is 0 Å². The maximum absolute atomic E-state index is 12.0. The Bertz CT molecular complexity index is 377. The molecule has 0 bridgehead atoms. The molecule has 1 fully saturated rings. The van der Waals surface area contributed by atoms with Gasteiger partial charge in [-0.3, -0.25) is 9.69 Å². The van der Waals surface area contributed by atoms with Gasteiger partial charge in [-0.1, -0.05) is 0 Å². The Hall–Kier alpha value is -1.44. The Balaban J connectivity index is 2.65. The van der Waals surface area contributed by atoms with E-state index in [-0.39, 0.29) is 11.3 Å². The first-order valence-corrected chi connectivity index (χ1v) is 7.14. The molecule has 0 radical (unpaired) electrons. The molecule has 108 valence electrons. The van der Waals surface area contributed by atoms with Crippen molar-refractivity contribution < 1.29 is 19.5 Å². The van der Waals surface area contributed by atoms with Gasteiger partial charge >= 0.3 is 12.0 Å². The summed E-state index contributed by atoms with van der Waals surface area (Å²) in [5.74, 6) is -0.959. The van der Waals surface area contributed by atoms with Crippen LogP contribution >= 0.6 is 11.8 Å². The van der Waals surface area contributed by atoms with Gasteiger partial charge in [0.05, 0.1) is 5.37 Å². The minimum atomic E-state index is -1.03. The second-order valence-corrected chi connectivity index (χ2v) is 5.61. The number of rotatable bonds is 4. The predicted octanol–water partition coefficient (Wildman–Crippen LogP) is 0.0686. The highest BCUT2D eigenvalue weighted by Crippen LogP contribution is 2.28. The van der Waals surface area contributed by atoms with E-state index in [4.69, 9.17) is 5.11 Å². The molecule has 8 heteroatoms. The average Bonchev–Trinajstić information content (AvgIpc) is 2.71. The topological polar surface area (TPSA) is 98.7 Å². The molecular formula is C11H19N3O4S. The first-order valence-electron chi connectivity index (χ1n) is 6.09. The molecular weight excluding hydrogens is 270 g/mol. The average molecular weight is 289 g/mol. The smallest absolute Gasteiger partial charge is 0.327 e. The summed E-state index contributed by atoms with van der Waals surface area (Å²) in [5.41, 5.74) is 0. The van der Waals surface area contributed by atoms with Crippen molar-refractivity contribution in [3.8, 4) is 0 Å². The first-order chi connectivity index (χ1) is 8.88. The van der Waals surface area contributed by atoms with Crippen LogP contribution in [0.3, 0.4) is 0 Å². The summed E-state index contributed by atoms with van der Waals surface area (Å²) in [5, 5.41) is 14.0. The van der Waals surface area contributed by atoms with Gasteiger partial charge in [-0.15, -0.1) is 11.8 Å². The summed E-state index contributed by atoms with van der Waals surface area (Å²) in [6.45, 7) is 5.59. The lowest BCUT2D eigenvalue weighted by Gasteiger charge is -2.26. The van der Waals surface area contributed by atoms with Crippen molar-refractivity contribution in [2.75, 3.05) is 12.3 Å². The van der Waals surface area contributed by atoms with Crippen molar-refractivity contribution in [1.82, 2.24) is 15.5 Å². The SMILES string of the molecule is CCNC(=O)C(C)NC(=O)N1C(C)SCC1C(=O)O. The van der Waals surface area contributed by atoms with E-state index in [1.807, 2.05) is 0 Å². The van der Waals surface area contributed by atoms with Crippen LogP contribution in [-0.4, -0.2) is 57.7 Å². The van der Waals surface area contributed by atoms with Crippen LogP contribution in [0.5, 0.6) is 0 Å². The minimum Gasteiger partial charge on any atom is -0.480 e. The van der Waals surface area contributed by atoms with Gasteiger partial charge < -0.3 is 15.7 Å². The maximum Gasteiger partial charge on any atom is 0.327 e. The molecule has 7 nitrogen and oxygen atoms in total. The van der Waals surface area contributed by atoms with Crippen LogP contribution in [0.2, 0.25) is 0 Å². The fraction of sp³-hybridized carbons (Fsp3) is 0.727. The number of carboxylic acid groups (broad SMARTS) is 1. The van der Waals surface area contributed by atoms with Crippen LogP contribution in [0, 0.1) is 0 Å². The van der Waals surface area contributed by atoms with E-state index in [2.05, 4.69) is 10.6 Å². The number of aliphatic carboxylic acids is 1. The number of urea groups is 1. The molecule has 0 aromatic carbocycles. The number of carboxylic acids is 1. The Morgan fingerprint density at radius 1 is 1.47 bits per heavy atom. The summed E-state index contributed by atoms with van der Waals surface area (Å²) < 4.78 is 0. The van der Waals surface area contributed by atoms with E-state index in [1.165, 1.54) is 16.7 Å². The van der Waals surface area contributed by atoms with Gasteiger partial charge in [0.25, 0.3) is 0 Å². The lowest BCUT2D eigenvalue weighted by Crippen LogP contribution is -2.54. The number of carbonyl (C=O) groups excluding carboxylic acids is 2. The monoisotopic (exact) mass is 289 g/mol. The molecule has 1 saturated heterocycles. The van der Waals surface area contributed by atoms with Gasteiger partial charge in [0, 0.05) is 12.3 Å². The van der Waals surface area contributed by atoms with Crippen LogP contribution < -0.4 is 10.6 Å². The third-order valence-electron chi connectivity index (χ3n) is 2.83. The summed E-state index contributed by atoms with van der Waals surface area (Å²) in [4.78, 5) is 35.9. The zero-order valence-corrected chi connectivity index (χ0v) is 12.0. The summed E-state index contributed by atoms with van der Waals surface area (Å²) in [6, 6.07) is -2.07. The van der Waals surface area contributed by atoms with E-state index >= 15 is 0 Å². The number of nitrogens with one attached hydrogen (secondary N) is 2. The molecule has 3 amide bonds. The fourth-order valence-corrected chi connectivity index (χ4v) is 2.96. The number of nitrogens with zero attached hydrogens (tertiary/aromatic N) is 1. The van der Waals surface area contributed by atoms with Gasteiger partial charge in [-0.05, 0) is 20.8 Å². The molecule has 3 unspecified atom stereocenters. The third-order valence-corrected chi connectivity index (χ3v) is 4.04. The van der Waals surface area contributed by atoms with E-state index in [0.717, 1.165) is 0 Å². The highest BCUT2D eigenvalue weighted by atomic mass is 32.2. The van der Waals surface area contributed by atoms with Crippen molar-refractivity contribution in [2.24, 2.45) is 0 Å². The zero-order chi connectivity index (χ0) is 14.6. The van der Waals surface area contributed by atoms with E-state index in [1.54, 1.807) is 20.8 Å². The molecule has 3 N–H and O–H groups in total. The molecule has 0 spiro atoms. The van der Waals surface area contributed by atoms with Crippen LogP contribution in [0.4, 0.5) is 4.79 Å². The summed E-state index contributed by atoms with van der Waals surface area (Å²) >= 11 is 1.40. The van der Waals surface area contributed by atoms with Crippen molar-refractivity contribution in [3.63, 3.8) is 0 Å². The number of carbonyl (C=O) groups is 3. The lowest BCUT2D eigenvalue weighted by atomic mass is 10.3. The molecule has 1 aliphatic rings. The van der Waals surface area contributed by atoms with Gasteiger partial charge in [0.1, 0.15) is 12.1 Å². The quantitative estimate of drug-likeness (QED) is 0.680. The Morgan fingerprint density at radius 3 is 2.63 bits per heavy atom. The Labute approximate surface area is 116 Å². The van der Waals surface area contributed by atoms with Gasteiger partial charge in [-0.25, -0.2) is 9.59 Å². The second kappa shape index (κ2) is 6.65. The molecule has 0 aliphatic carbocycles. The largest absolute Gasteiger partial charge is 0.480 e. The van der Waals surface area contributed by atoms with Crippen molar-refractivity contribution >= 4 is 29.7 Å². The number of amides is 3. The molecule has 19 heavy (non-hydrogen) atoms. The number of hydrogen-bond donors (Lipinski definition) is 3. The highest BCUT2D eigenvalue weighted by molar-refractivity contribution is 8.00. The Kier molecular flexibility index (Phi) is 5.46. The standard InChI is InChI=1S/C11H19N3O4S/c1-4-12-9(15)6(2)13-11(18)14-7(3)19-5-8(14)10(16)17/h6-8H,4-5H2,1-3H3,(H,12,15)(H,13,18)(H,16,17). The van der Waals surface area contributed by atoms with Crippen LogP contribution in [0.1, 0.15) is 20.8 Å². The predicted molar refractivity (Wildman–Crippen MR) is 71.9 cm³/mol. The number of thioether (sulfide) groups is 1. The molecule has 1 rings (SSSR count). The molecule has 0 aromatic rings. The summed E-state index contributed by atoms with van der Waals surface area (Å²) in [6.07, 6.45) is 0. The fourth-order valence-electron chi connectivity index (χ4n) is 1.79. The third kappa shape index (κ3) is 3.76. The number of hydrogen-bond acceptors (Lipinski definition) is 4. The van der Waals surface area contributed by atoms with E-state index in [9.17, 15) is 14.4 Å². The second-order valence-electron chi connectivity index (χ2n) is 4.26.